The van der Waals surface area contributed by atoms with Crippen LogP contribution >= 0.6 is 11.6 Å². The smallest absolute Gasteiger partial charge is 0.261 e. The standard InChI is InChI=1S/C20H24ClNO3/c1-4-18(25-19-9-7-6-8-17(19)21)20(23)22-14(3)15-10-12-16(13-11-15)24-5-2/h6-14,18H,4-5H2,1-3H3,(H,22,23). The normalized spacial score (nSPS) is 13.0. The van der Waals surface area contributed by atoms with Crippen molar-refractivity contribution in [1.82, 2.24) is 5.32 Å². The number of para-hydroxylation sites is 1. The van der Waals surface area contributed by atoms with Crippen molar-refractivity contribution in [2.24, 2.45) is 0 Å². The first-order valence-corrected chi connectivity index (χ1v) is 8.87. The van der Waals surface area contributed by atoms with Crippen LogP contribution in [0.1, 0.15) is 38.8 Å². The highest BCUT2D eigenvalue weighted by molar-refractivity contribution is 6.32. The minimum atomic E-state index is -0.593. The number of hydrogen-bond acceptors (Lipinski definition) is 3. The van der Waals surface area contributed by atoms with Crippen LogP contribution in [0.2, 0.25) is 5.02 Å². The van der Waals surface area contributed by atoms with Gasteiger partial charge in [-0.3, -0.25) is 4.79 Å². The molecule has 0 aliphatic heterocycles. The van der Waals surface area contributed by atoms with Crippen molar-refractivity contribution in [3.05, 3.63) is 59.1 Å². The zero-order valence-corrected chi connectivity index (χ0v) is 15.5. The van der Waals surface area contributed by atoms with Gasteiger partial charge in [0.05, 0.1) is 17.7 Å². The summed E-state index contributed by atoms with van der Waals surface area (Å²) in [5.74, 6) is 1.17. The molecule has 0 fully saturated rings. The SMILES string of the molecule is CCOc1ccc(C(C)NC(=O)C(CC)Oc2ccccc2Cl)cc1. The first-order valence-electron chi connectivity index (χ1n) is 8.49. The topological polar surface area (TPSA) is 47.6 Å². The molecule has 0 radical (unpaired) electrons. The molecule has 2 atom stereocenters. The second kappa shape index (κ2) is 9.33. The van der Waals surface area contributed by atoms with Crippen LogP contribution in [-0.2, 0) is 4.79 Å². The van der Waals surface area contributed by atoms with E-state index in [4.69, 9.17) is 21.1 Å². The number of ether oxygens (including phenoxy) is 2. The number of nitrogens with one attached hydrogen (secondary N) is 1. The van der Waals surface area contributed by atoms with Crippen LogP contribution in [0.3, 0.4) is 0 Å². The maximum atomic E-state index is 12.5. The predicted molar refractivity (Wildman–Crippen MR) is 100 cm³/mol. The van der Waals surface area contributed by atoms with Gasteiger partial charge in [0.15, 0.2) is 6.10 Å². The lowest BCUT2D eigenvalue weighted by atomic mass is 10.1. The van der Waals surface area contributed by atoms with Gasteiger partial charge in [0, 0.05) is 0 Å². The number of hydrogen-bond donors (Lipinski definition) is 1. The van der Waals surface area contributed by atoms with Gasteiger partial charge in [0.25, 0.3) is 5.91 Å². The van der Waals surface area contributed by atoms with Crippen molar-refractivity contribution in [3.63, 3.8) is 0 Å². The largest absolute Gasteiger partial charge is 0.494 e. The lowest BCUT2D eigenvalue weighted by Gasteiger charge is -2.21. The molecule has 2 aromatic rings. The Hall–Kier alpha value is -2.20. The molecule has 0 saturated heterocycles. The maximum absolute atomic E-state index is 12.5. The number of carbonyl (C=O) groups excluding carboxylic acids is 1. The quantitative estimate of drug-likeness (QED) is 0.736. The van der Waals surface area contributed by atoms with Gasteiger partial charge >= 0.3 is 0 Å². The third-order valence-electron chi connectivity index (χ3n) is 3.82. The molecule has 1 N–H and O–H groups in total. The Morgan fingerprint density at radius 1 is 1.12 bits per heavy atom. The van der Waals surface area contributed by atoms with Gasteiger partial charge in [-0.05, 0) is 50.1 Å². The molecular formula is C20H24ClNO3. The summed E-state index contributed by atoms with van der Waals surface area (Å²) in [6, 6.07) is 14.7. The molecule has 2 aromatic carbocycles. The molecular weight excluding hydrogens is 338 g/mol. The summed E-state index contributed by atoms with van der Waals surface area (Å²) in [6.07, 6.45) is -0.0439. The molecule has 2 rings (SSSR count). The van der Waals surface area contributed by atoms with Crippen LogP contribution in [0.4, 0.5) is 0 Å². The maximum Gasteiger partial charge on any atom is 0.261 e. The average Bonchev–Trinajstić information content (AvgIpc) is 2.61. The van der Waals surface area contributed by atoms with Crippen LogP contribution < -0.4 is 14.8 Å². The highest BCUT2D eigenvalue weighted by Crippen LogP contribution is 2.25. The van der Waals surface area contributed by atoms with Crippen molar-refractivity contribution in [3.8, 4) is 11.5 Å². The first kappa shape index (κ1) is 19.1. The Balaban J connectivity index is 1.99. The molecule has 0 aliphatic rings. The van der Waals surface area contributed by atoms with Gasteiger partial charge in [-0.2, -0.15) is 0 Å². The third kappa shape index (κ3) is 5.40. The minimum Gasteiger partial charge on any atom is -0.494 e. The lowest BCUT2D eigenvalue weighted by Crippen LogP contribution is -2.39. The summed E-state index contributed by atoms with van der Waals surface area (Å²) in [4.78, 5) is 12.5. The molecule has 0 aliphatic carbocycles. The van der Waals surface area contributed by atoms with E-state index < -0.39 is 6.10 Å². The van der Waals surface area contributed by atoms with Gasteiger partial charge in [-0.15, -0.1) is 0 Å². The highest BCUT2D eigenvalue weighted by atomic mass is 35.5. The fourth-order valence-electron chi connectivity index (χ4n) is 2.42. The number of rotatable bonds is 8. The van der Waals surface area contributed by atoms with Crippen molar-refractivity contribution in [1.29, 1.82) is 0 Å². The average molecular weight is 362 g/mol. The summed E-state index contributed by atoms with van der Waals surface area (Å²) in [5.41, 5.74) is 1.00. The molecule has 4 nitrogen and oxygen atoms in total. The Bertz CT molecular complexity index is 688. The zero-order valence-electron chi connectivity index (χ0n) is 14.8. The van der Waals surface area contributed by atoms with Gasteiger partial charge in [-0.25, -0.2) is 0 Å². The number of halogens is 1. The molecule has 25 heavy (non-hydrogen) atoms. The summed E-state index contributed by atoms with van der Waals surface area (Å²) in [7, 11) is 0. The van der Waals surface area contributed by atoms with E-state index in [0.29, 0.717) is 23.8 Å². The van der Waals surface area contributed by atoms with Gasteiger partial charge in [-0.1, -0.05) is 42.8 Å². The van der Waals surface area contributed by atoms with Crippen LogP contribution in [0.5, 0.6) is 11.5 Å². The van der Waals surface area contributed by atoms with Crippen molar-refractivity contribution >= 4 is 17.5 Å². The Kier molecular flexibility index (Phi) is 7.14. The molecule has 0 spiro atoms. The third-order valence-corrected chi connectivity index (χ3v) is 4.13. The van der Waals surface area contributed by atoms with Crippen LogP contribution in [0.25, 0.3) is 0 Å². The molecule has 1 amide bonds. The molecule has 0 heterocycles. The number of carbonyl (C=O) groups is 1. The van der Waals surface area contributed by atoms with Crippen molar-refractivity contribution in [2.45, 2.75) is 39.3 Å². The minimum absolute atomic E-state index is 0.132. The zero-order chi connectivity index (χ0) is 18.2. The fraction of sp³-hybridized carbons (Fsp3) is 0.350. The molecule has 134 valence electrons. The Labute approximate surface area is 154 Å². The van der Waals surface area contributed by atoms with E-state index >= 15 is 0 Å². The number of amides is 1. The van der Waals surface area contributed by atoms with Crippen LogP contribution in [0.15, 0.2) is 48.5 Å². The van der Waals surface area contributed by atoms with Crippen LogP contribution in [-0.4, -0.2) is 18.6 Å². The highest BCUT2D eigenvalue weighted by Gasteiger charge is 2.21. The van der Waals surface area contributed by atoms with Crippen molar-refractivity contribution in [2.75, 3.05) is 6.61 Å². The van der Waals surface area contributed by atoms with E-state index in [2.05, 4.69) is 5.32 Å². The number of benzene rings is 2. The summed E-state index contributed by atoms with van der Waals surface area (Å²) in [6.45, 7) is 6.42. The van der Waals surface area contributed by atoms with Crippen LogP contribution in [0, 0.1) is 0 Å². The van der Waals surface area contributed by atoms with E-state index in [9.17, 15) is 4.79 Å². The van der Waals surface area contributed by atoms with E-state index in [0.717, 1.165) is 11.3 Å². The first-order chi connectivity index (χ1) is 12.0. The molecule has 0 saturated carbocycles. The molecule has 5 heteroatoms. The predicted octanol–water partition coefficient (Wildman–Crippen LogP) is 4.77. The van der Waals surface area contributed by atoms with E-state index in [1.54, 1.807) is 12.1 Å². The van der Waals surface area contributed by atoms with Gasteiger partial charge < -0.3 is 14.8 Å². The summed E-state index contributed by atoms with van der Waals surface area (Å²) < 4.78 is 11.2. The van der Waals surface area contributed by atoms with Gasteiger partial charge in [0.1, 0.15) is 11.5 Å². The van der Waals surface area contributed by atoms with Crippen molar-refractivity contribution < 1.29 is 14.3 Å². The molecule has 0 aromatic heterocycles. The van der Waals surface area contributed by atoms with E-state index in [1.165, 1.54) is 0 Å². The van der Waals surface area contributed by atoms with E-state index in [-0.39, 0.29) is 11.9 Å². The monoisotopic (exact) mass is 361 g/mol. The summed E-state index contributed by atoms with van der Waals surface area (Å²) >= 11 is 6.10. The van der Waals surface area contributed by atoms with E-state index in [1.807, 2.05) is 57.2 Å². The fourth-order valence-corrected chi connectivity index (χ4v) is 2.61. The molecule has 0 bridgehead atoms. The lowest BCUT2D eigenvalue weighted by molar-refractivity contribution is -0.128. The molecule has 2 unspecified atom stereocenters. The second-order valence-electron chi connectivity index (χ2n) is 5.68. The Morgan fingerprint density at radius 2 is 1.80 bits per heavy atom. The second-order valence-corrected chi connectivity index (χ2v) is 6.08. The summed E-state index contributed by atoms with van der Waals surface area (Å²) in [5, 5.41) is 3.48. The Morgan fingerprint density at radius 3 is 2.40 bits per heavy atom. The van der Waals surface area contributed by atoms with Gasteiger partial charge in [0.2, 0.25) is 0 Å².